The number of carbonyl (C=O) groups excluding carboxylic acids is 1. The number of carbonyl (C=O) groups is 1. The molecule has 1 rings (SSSR count). The lowest BCUT2D eigenvalue weighted by atomic mass is 10.3. The van der Waals surface area contributed by atoms with Gasteiger partial charge in [0.25, 0.3) is 0 Å². The van der Waals surface area contributed by atoms with E-state index in [0.717, 1.165) is 0 Å². The van der Waals surface area contributed by atoms with Gasteiger partial charge in [-0.1, -0.05) is 0 Å². The van der Waals surface area contributed by atoms with E-state index in [0.29, 0.717) is 0 Å². The molecule has 4 heteroatoms. The molecule has 1 aromatic heterocycles. The van der Waals surface area contributed by atoms with E-state index in [1.54, 1.807) is 12.4 Å². The number of aliphatic hydroxyl groups excluding tert-OH is 1. The molecule has 0 saturated heterocycles. The molecule has 0 aliphatic heterocycles. The molecule has 1 N–H and O–H groups in total. The van der Waals surface area contributed by atoms with Crippen molar-refractivity contribution in [2.45, 2.75) is 13.2 Å². The molecular formula is C8H10N2O2. The van der Waals surface area contributed by atoms with Gasteiger partial charge in [0.1, 0.15) is 0 Å². The third-order valence-corrected chi connectivity index (χ3v) is 1.33. The first-order valence-corrected chi connectivity index (χ1v) is 3.54. The third-order valence-electron chi connectivity index (χ3n) is 1.33. The second-order valence-electron chi connectivity index (χ2n) is 2.39. The number of rotatable bonds is 3. The average molecular weight is 166 g/mol. The number of aliphatic hydroxyl groups is 1. The van der Waals surface area contributed by atoms with Crippen molar-refractivity contribution in [2.75, 3.05) is 0 Å². The van der Waals surface area contributed by atoms with Crippen LogP contribution in [0.3, 0.4) is 0 Å². The Hall–Kier alpha value is -1.42. The van der Waals surface area contributed by atoms with Crippen LogP contribution in [0.1, 0.15) is 13.2 Å². The fraction of sp³-hybridized carbons (Fsp3) is 0.250. The molecule has 12 heavy (non-hydrogen) atoms. The zero-order valence-electron chi connectivity index (χ0n) is 6.71. The summed E-state index contributed by atoms with van der Waals surface area (Å²) in [4.78, 5) is 14.2. The van der Waals surface area contributed by atoms with Gasteiger partial charge in [-0.05, 0) is 19.1 Å². The molecule has 4 nitrogen and oxygen atoms in total. The number of aromatic nitrogens is 2. The second-order valence-corrected chi connectivity index (χ2v) is 2.39. The molecule has 64 valence electrons. The van der Waals surface area contributed by atoms with Crippen molar-refractivity contribution in [3.8, 4) is 0 Å². The van der Waals surface area contributed by atoms with E-state index < -0.39 is 6.23 Å². The summed E-state index contributed by atoms with van der Waals surface area (Å²) >= 11 is 0. The number of hydrogen-bond donors (Lipinski definition) is 1. The second kappa shape index (κ2) is 3.82. The van der Waals surface area contributed by atoms with Gasteiger partial charge in [-0.25, -0.2) is 4.98 Å². The Balaban J connectivity index is 2.61. The molecule has 1 atom stereocenters. The molecule has 0 aromatic carbocycles. The average Bonchev–Trinajstić information content (AvgIpc) is 2.51. The van der Waals surface area contributed by atoms with Gasteiger partial charge in [-0.15, -0.1) is 0 Å². The molecule has 1 aromatic rings. The molecule has 0 aliphatic rings. The summed E-state index contributed by atoms with van der Waals surface area (Å²) in [6.07, 6.45) is 6.58. The molecule has 0 spiro atoms. The van der Waals surface area contributed by atoms with Crippen LogP contribution in [0.2, 0.25) is 0 Å². The lowest BCUT2D eigenvalue weighted by Gasteiger charge is -2.04. The van der Waals surface area contributed by atoms with Crippen LogP contribution in [0.4, 0.5) is 0 Å². The Morgan fingerprint density at radius 3 is 3.00 bits per heavy atom. The van der Waals surface area contributed by atoms with Gasteiger partial charge in [0.15, 0.2) is 12.0 Å². The predicted molar refractivity (Wildman–Crippen MR) is 43.3 cm³/mol. The highest BCUT2D eigenvalue weighted by atomic mass is 16.3. The first-order valence-electron chi connectivity index (χ1n) is 3.54. The van der Waals surface area contributed by atoms with Crippen LogP contribution in [-0.4, -0.2) is 20.4 Å². The van der Waals surface area contributed by atoms with E-state index in [1.165, 1.54) is 30.0 Å². The Morgan fingerprint density at radius 2 is 2.50 bits per heavy atom. The Morgan fingerprint density at radius 1 is 1.75 bits per heavy atom. The van der Waals surface area contributed by atoms with E-state index >= 15 is 0 Å². The minimum absolute atomic E-state index is 0.0887. The number of ketones is 1. The van der Waals surface area contributed by atoms with Crippen molar-refractivity contribution in [2.24, 2.45) is 0 Å². The van der Waals surface area contributed by atoms with Crippen LogP contribution in [0.5, 0.6) is 0 Å². The SMILES string of the molecule is CC(=O)/C=C\C(O)n1ccnc1. The third kappa shape index (κ3) is 2.32. The van der Waals surface area contributed by atoms with Crippen LogP contribution >= 0.6 is 0 Å². The molecule has 0 amide bonds. The summed E-state index contributed by atoms with van der Waals surface area (Å²) in [5.41, 5.74) is 0. The summed E-state index contributed by atoms with van der Waals surface area (Å²) in [6, 6.07) is 0. The van der Waals surface area contributed by atoms with Crippen LogP contribution in [0, 0.1) is 0 Å². The maximum atomic E-state index is 10.5. The Kier molecular flexibility index (Phi) is 2.76. The van der Waals surface area contributed by atoms with E-state index in [4.69, 9.17) is 0 Å². The maximum Gasteiger partial charge on any atom is 0.152 e. The van der Waals surface area contributed by atoms with E-state index in [-0.39, 0.29) is 5.78 Å². The molecule has 0 radical (unpaired) electrons. The van der Waals surface area contributed by atoms with E-state index in [2.05, 4.69) is 4.98 Å². The summed E-state index contributed by atoms with van der Waals surface area (Å²) in [5, 5.41) is 9.34. The zero-order valence-corrected chi connectivity index (χ0v) is 6.71. The van der Waals surface area contributed by atoms with Gasteiger partial charge in [0.2, 0.25) is 0 Å². The predicted octanol–water partition coefficient (Wildman–Crippen LogP) is 0.519. The van der Waals surface area contributed by atoms with Crippen molar-refractivity contribution in [1.82, 2.24) is 9.55 Å². The monoisotopic (exact) mass is 166 g/mol. The van der Waals surface area contributed by atoms with E-state index in [1.807, 2.05) is 0 Å². The normalized spacial score (nSPS) is 13.5. The number of hydrogen-bond acceptors (Lipinski definition) is 3. The molecule has 1 unspecified atom stereocenters. The van der Waals surface area contributed by atoms with Gasteiger partial charge >= 0.3 is 0 Å². The number of allylic oxidation sites excluding steroid dienone is 1. The lowest BCUT2D eigenvalue weighted by molar-refractivity contribution is -0.112. The van der Waals surface area contributed by atoms with Crippen LogP contribution in [0.25, 0.3) is 0 Å². The summed E-state index contributed by atoms with van der Waals surface area (Å²) in [7, 11) is 0. The summed E-state index contributed by atoms with van der Waals surface area (Å²) < 4.78 is 1.49. The van der Waals surface area contributed by atoms with Gasteiger partial charge in [0, 0.05) is 12.4 Å². The van der Waals surface area contributed by atoms with Crippen LogP contribution in [0.15, 0.2) is 30.9 Å². The summed E-state index contributed by atoms with van der Waals surface area (Å²) in [5.74, 6) is -0.0887. The highest BCUT2D eigenvalue weighted by Gasteiger charge is 1.98. The minimum atomic E-state index is -0.809. The van der Waals surface area contributed by atoms with Crippen LogP contribution in [-0.2, 0) is 4.79 Å². The summed E-state index contributed by atoms with van der Waals surface area (Å²) in [6.45, 7) is 1.43. The van der Waals surface area contributed by atoms with Crippen molar-refractivity contribution >= 4 is 5.78 Å². The molecule has 1 heterocycles. The van der Waals surface area contributed by atoms with Gasteiger partial charge in [-0.2, -0.15) is 0 Å². The number of imidazole rings is 1. The van der Waals surface area contributed by atoms with Crippen molar-refractivity contribution in [3.05, 3.63) is 30.9 Å². The minimum Gasteiger partial charge on any atom is -0.370 e. The molecule has 0 saturated carbocycles. The largest absolute Gasteiger partial charge is 0.370 e. The molecule has 0 bridgehead atoms. The van der Waals surface area contributed by atoms with Crippen LogP contribution < -0.4 is 0 Å². The highest BCUT2D eigenvalue weighted by molar-refractivity contribution is 5.87. The fourth-order valence-corrected chi connectivity index (χ4v) is 0.747. The van der Waals surface area contributed by atoms with Crippen molar-refractivity contribution in [3.63, 3.8) is 0 Å². The van der Waals surface area contributed by atoms with Gasteiger partial charge in [-0.3, -0.25) is 4.79 Å². The molecule has 0 aliphatic carbocycles. The molecule has 0 fully saturated rings. The first kappa shape index (κ1) is 8.67. The Bertz CT molecular complexity index is 277. The van der Waals surface area contributed by atoms with E-state index in [9.17, 15) is 9.90 Å². The lowest BCUT2D eigenvalue weighted by Crippen LogP contribution is -2.02. The smallest absolute Gasteiger partial charge is 0.152 e. The van der Waals surface area contributed by atoms with Crippen molar-refractivity contribution in [1.29, 1.82) is 0 Å². The first-order chi connectivity index (χ1) is 5.70. The van der Waals surface area contributed by atoms with Crippen molar-refractivity contribution < 1.29 is 9.90 Å². The van der Waals surface area contributed by atoms with Gasteiger partial charge < -0.3 is 9.67 Å². The van der Waals surface area contributed by atoms with Gasteiger partial charge in [0.05, 0.1) is 6.33 Å². The topological polar surface area (TPSA) is 55.1 Å². The standard InChI is InChI=1S/C8H10N2O2/c1-7(11)2-3-8(12)10-5-4-9-6-10/h2-6,8,12H,1H3/b3-2-. The number of nitrogens with zero attached hydrogens (tertiary/aromatic N) is 2. The quantitative estimate of drug-likeness (QED) is 0.666. The highest BCUT2D eigenvalue weighted by Crippen LogP contribution is 2.01. The zero-order chi connectivity index (χ0) is 8.97. The fourth-order valence-electron chi connectivity index (χ4n) is 0.747. The maximum absolute atomic E-state index is 10.5. The Labute approximate surface area is 70.2 Å². The molecular weight excluding hydrogens is 156 g/mol.